The summed E-state index contributed by atoms with van der Waals surface area (Å²) in [7, 11) is 0. The normalized spacial score (nSPS) is 21.0. The van der Waals surface area contributed by atoms with Gasteiger partial charge in [-0.25, -0.2) is 0 Å². The number of nitroso groups, excluding NO2 is 1. The number of aliphatic hydroxyl groups is 1. The fraction of sp³-hybridized carbons (Fsp3) is 0.600. The molecule has 1 saturated heterocycles. The molecule has 0 aliphatic carbocycles. The van der Waals surface area contributed by atoms with Gasteiger partial charge in [-0.05, 0) is 43.6 Å². The Morgan fingerprint density at radius 2 is 1.90 bits per heavy atom. The quantitative estimate of drug-likeness (QED) is 0.837. The lowest BCUT2D eigenvalue weighted by molar-refractivity contribution is 0.124. The Bertz CT molecular complexity index is 502. The van der Waals surface area contributed by atoms with E-state index in [4.69, 9.17) is 9.47 Å². The second-order valence-corrected chi connectivity index (χ2v) is 5.53. The van der Waals surface area contributed by atoms with Gasteiger partial charge in [-0.3, -0.25) is 0 Å². The van der Waals surface area contributed by atoms with E-state index in [9.17, 15) is 10.0 Å². The number of benzene rings is 1. The van der Waals surface area contributed by atoms with Gasteiger partial charge in [-0.2, -0.15) is 4.91 Å². The number of fused-ring (bicyclic) bond motifs is 1. The minimum atomic E-state index is -0.918. The molecule has 1 N–H and O–H groups in total. The second-order valence-electron chi connectivity index (χ2n) is 5.53. The summed E-state index contributed by atoms with van der Waals surface area (Å²) < 4.78 is 11.0. The molecule has 0 spiro atoms. The first-order chi connectivity index (χ1) is 10.3. The van der Waals surface area contributed by atoms with E-state index in [-0.39, 0.29) is 0 Å². The van der Waals surface area contributed by atoms with E-state index in [2.05, 4.69) is 10.1 Å². The molecule has 2 aliphatic heterocycles. The van der Waals surface area contributed by atoms with Crippen LogP contribution in [0.5, 0.6) is 11.5 Å². The van der Waals surface area contributed by atoms with E-state index in [0.29, 0.717) is 36.8 Å². The SMILES string of the molecule is O=N[C@H](CN1CCCC1)[C@H](O)c1ccc2c(c1)OCCO2. The summed E-state index contributed by atoms with van der Waals surface area (Å²) in [5.74, 6) is 1.29. The minimum absolute atomic E-state index is 0.496. The summed E-state index contributed by atoms with van der Waals surface area (Å²) in [5.41, 5.74) is 0.642. The fourth-order valence-corrected chi connectivity index (χ4v) is 2.89. The van der Waals surface area contributed by atoms with Crippen LogP contribution in [0.2, 0.25) is 0 Å². The van der Waals surface area contributed by atoms with E-state index in [1.54, 1.807) is 18.2 Å². The van der Waals surface area contributed by atoms with Crippen molar-refractivity contribution in [3.63, 3.8) is 0 Å². The Balaban J connectivity index is 1.72. The standard InChI is InChI=1S/C15H20N2O4/c18-15(12(16-19)10-17-5-1-2-6-17)11-3-4-13-14(9-11)21-8-7-20-13/h3-4,9,12,15,18H,1-2,5-8,10H2/t12-,15-/m1/s1. The van der Waals surface area contributed by atoms with Gasteiger partial charge in [-0.1, -0.05) is 11.2 Å². The fourth-order valence-electron chi connectivity index (χ4n) is 2.89. The zero-order chi connectivity index (χ0) is 14.7. The Kier molecular flexibility index (Phi) is 4.36. The summed E-state index contributed by atoms with van der Waals surface area (Å²) in [6, 6.07) is 4.61. The van der Waals surface area contributed by atoms with Gasteiger partial charge in [0.05, 0.1) is 0 Å². The molecule has 2 heterocycles. The number of likely N-dealkylation sites (tertiary alicyclic amines) is 1. The van der Waals surface area contributed by atoms with Crippen LogP contribution < -0.4 is 9.47 Å². The van der Waals surface area contributed by atoms with Gasteiger partial charge < -0.3 is 19.5 Å². The zero-order valence-electron chi connectivity index (χ0n) is 11.9. The van der Waals surface area contributed by atoms with Crippen LogP contribution in [-0.2, 0) is 0 Å². The molecule has 2 atom stereocenters. The molecule has 114 valence electrons. The highest BCUT2D eigenvalue weighted by atomic mass is 16.6. The molecular weight excluding hydrogens is 272 g/mol. The second kappa shape index (κ2) is 6.41. The lowest BCUT2D eigenvalue weighted by atomic mass is 10.0. The summed E-state index contributed by atoms with van der Waals surface area (Å²) in [6.45, 7) is 3.47. The maximum absolute atomic E-state index is 11.1. The zero-order valence-corrected chi connectivity index (χ0v) is 11.9. The molecule has 1 aromatic carbocycles. The third kappa shape index (κ3) is 3.16. The van der Waals surface area contributed by atoms with Crippen LogP contribution in [0.1, 0.15) is 24.5 Å². The Labute approximate surface area is 123 Å². The molecule has 1 fully saturated rings. The van der Waals surface area contributed by atoms with Crippen LogP contribution in [0.15, 0.2) is 23.4 Å². The van der Waals surface area contributed by atoms with Crippen LogP contribution in [-0.4, -0.2) is 48.9 Å². The van der Waals surface area contributed by atoms with Crippen LogP contribution >= 0.6 is 0 Å². The van der Waals surface area contributed by atoms with Gasteiger partial charge >= 0.3 is 0 Å². The maximum Gasteiger partial charge on any atom is 0.161 e. The van der Waals surface area contributed by atoms with Crippen molar-refractivity contribution in [2.75, 3.05) is 32.8 Å². The number of nitrogens with zero attached hydrogens (tertiary/aromatic N) is 2. The molecule has 0 amide bonds. The van der Waals surface area contributed by atoms with Crippen LogP contribution in [0.25, 0.3) is 0 Å². The van der Waals surface area contributed by atoms with Crippen molar-refractivity contribution in [1.82, 2.24) is 4.90 Å². The van der Waals surface area contributed by atoms with Crippen LogP contribution in [0.3, 0.4) is 0 Å². The molecule has 6 nitrogen and oxygen atoms in total. The predicted molar refractivity (Wildman–Crippen MR) is 77.6 cm³/mol. The third-order valence-electron chi connectivity index (χ3n) is 4.05. The topological polar surface area (TPSA) is 71.4 Å². The van der Waals surface area contributed by atoms with Crippen molar-refractivity contribution in [2.45, 2.75) is 25.0 Å². The molecule has 1 aromatic rings. The molecule has 0 radical (unpaired) electrons. The van der Waals surface area contributed by atoms with E-state index in [1.165, 1.54) is 0 Å². The number of ether oxygens (including phenoxy) is 2. The molecule has 0 unspecified atom stereocenters. The highest BCUT2D eigenvalue weighted by molar-refractivity contribution is 5.44. The lowest BCUT2D eigenvalue weighted by Crippen LogP contribution is -2.32. The molecule has 0 aromatic heterocycles. The van der Waals surface area contributed by atoms with E-state index in [1.807, 2.05) is 0 Å². The van der Waals surface area contributed by atoms with Gasteiger partial charge in [0.25, 0.3) is 0 Å². The first kappa shape index (κ1) is 14.3. The first-order valence-electron chi connectivity index (χ1n) is 7.40. The van der Waals surface area contributed by atoms with Gasteiger partial charge in [0.1, 0.15) is 25.4 Å². The number of rotatable bonds is 5. The number of aliphatic hydroxyl groups excluding tert-OH is 1. The van der Waals surface area contributed by atoms with Gasteiger partial charge in [0, 0.05) is 6.54 Å². The molecule has 6 heteroatoms. The molecule has 3 rings (SSSR count). The summed E-state index contributed by atoms with van der Waals surface area (Å²) >= 11 is 0. The van der Waals surface area contributed by atoms with Crippen molar-refractivity contribution in [2.24, 2.45) is 5.18 Å². The van der Waals surface area contributed by atoms with Crippen LogP contribution in [0, 0.1) is 4.91 Å². The van der Waals surface area contributed by atoms with Crippen molar-refractivity contribution in [1.29, 1.82) is 0 Å². The third-order valence-corrected chi connectivity index (χ3v) is 4.05. The van der Waals surface area contributed by atoms with Crippen molar-refractivity contribution >= 4 is 0 Å². The van der Waals surface area contributed by atoms with Crippen molar-refractivity contribution < 1.29 is 14.6 Å². The molecule has 0 saturated carbocycles. The largest absolute Gasteiger partial charge is 0.486 e. The maximum atomic E-state index is 11.1. The number of hydrogen-bond donors (Lipinski definition) is 1. The van der Waals surface area contributed by atoms with Gasteiger partial charge in [-0.15, -0.1) is 0 Å². The highest BCUT2D eigenvalue weighted by Crippen LogP contribution is 2.34. The molecule has 2 aliphatic rings. The Morgan fingerprint density at radius 3 is 2.62 bits per heavy atom. The summed E-state index contributed by atoms with van der Waals surface area (Å²) in [5, 5.41) is 13.6. The Morgan fingerprint density at radius 1 is 1.19 bits per heavy atom. The monoisotopic (exact) mass is 292 g/mol. The van der Waals surface area contributed by atoms with Crippen molar-refractivity contribution in [3.05, 3.63) is 28.7 Å². The smallest absolute Gasteiger partial charge is 0.161 e. The van der Waals surface area contributed by atoms with E-state index in [0.717, 1.165) is 25.9 Å². The highest BCUT2D eigenvalue weighted by Gasteiger charge is 2.27. The predicted octanol–water partition coefficient (Wildman–Crippen LogP) is 1.72. The summed E-state index contributed by atoms with van der Waals surface area (Å²) in [6.07, 6.45) is 1.37. The lowest BCUT2D eigenvalue weighted by Gasteiger charge is -2.24. The van der Waals surface area contributed by atoms with E-state index < -0.39 is 12.1 Å². The van der Waals surface area contributed by atoms with E-state index >= 15 is 0 Å². The molecule has 0 bridgehead atoms. The van der Waals surface area contributed by atoms with Crippen LogP contribution in [0.4, 0.5) is 0 Å². The minimum Gasteiger partial charge on any atom is -0.486 e. The number of hydrogen-bond acceptors (Lipinski definition) is 6. The average molecular weight is 292 g/mol. The average Bonchev–Trinajstić information content (AvgIpc) is 3.04. The van der Waals surface area contributed by atoms with Gasteiger partial charge in [0.2, 0.25) is 0 Å². The van der Waals surface area contributed by atoms with Crippen molar-refractivity contribution in [3.8, 4) is 11.5 Å². The first-order valence-corrected chi connectivity index (χ1v) is 7.40. The molecule has 21 heavy (non-hydrogen) atoms. The summed E-state index contributed by atoms with van der Waals surface area (Å²) in [4.78, 5) is 13.3. The Hall–Kier alpha value is -1.66. The van der Waals surface area contributed by atoms with Gasteiger partial charge in [0.15, 0.2) is 11.5 Å². The molecular formula is C15H20N2O4.